The third-order valence-corrected chi connectivity index (χ3v) is 4.28. The average Bonchev–Trinajstić information content (AvgIpc) is 3.04. The molecule has 0 bridgehead atoms. The zero-order valence-corrected chi connectivity index (χ0v) is 12.3. The fourth-order valence-corrected chi connectivity index (χ4v) is 3.05. The molecule has 0 aromatic carbocycles. The Labute approximate surface area is 119 Å². The highest BCUT2D eigenvalue weighted by atomic mass is 16.4. The van der Waals surface area contributed by atoms with E-state index in [1.807, 2.05) is 13.8 Å². The normalized spacial score (nSPS) is 17.8. The van der Waals surface area contributed by atoms with Gasteiger partial charge in [-0.2, -0.15) is 0 Å². The summed E-state index contributed by atoms with van der Waals surface area (Å²) >= 11 is 0. The monoisotopic (exact) mass is 280 g/mol. The van der Waals surface area contributed by atoms with Crippen molar-refractivity contribution in [3.05, 3.63) is 5.82 Å². The van der Waals surface area contributed by atoms with Gasteiger partial charge in [0.1, 0.15) is 0 Å². The first-order valence-corrected chi connectivity index (χ1v) is 7.56. The van der Waals surface area contributed by atoms with Crippen molar-refractivity contribution in [3.8, 4) is 0 Å². The van der Waals surface area contributed by atoms with E-state index in [0.29, 0.717) is 0 Å². The Morgan fingerprint density at radius 3 is 2.70 bits per heavy atom. The average molecular weight is 280 g/mol. The highest BCUT2D eigenvalue weighted by molar-refractivity contribution is 5.67. The van der Waals surface area contributed by atoms with Crippen LogP contribution < -0.4 is 0 Å². The second-order valence-electron chi connectivity index (χ2n) is 6.14. The van der Waals surface area contributed by atoms with E-state index in [9.17, 15) is 4.79 Å². The lowest BCUT2D eigenvalue weighted by atomic mass is 9.99. The predicted molar refractivity (Wildman–Crippen MR) is 74.2 cm³/mol. The van der Waals surface area contributed by atoms with E-state index in [2.05, 4.69) is 15.5 Å². The first kappa shape index (κ1) is 14.9. The Hall–Kier alpha value is -1.46. The lowest BCUT2D eigenvalue weighted by Gasteiger charge is -2.20. The van der Waals surface area contributed by atoms with Crippen LogP contribution in [0.5, 0.6) is 0 Å². The van der Waals surface area contributed by atoms with Crippen LogP contribution in [0.1, 0.15) is 64.2 Å². The lowest BCUT2D eigenvalue weighted by Crippen LogP contribution is -2.22. The number of aromatic nitrogens is 4. The van der Waals surface area contributed by atoms with Gasteiger partial charge in [-0.05, 0) is 28.7 Å². The second-order valence-corrected chi connectivity index (χ2v) is 6.14. The number of hydrogen-bond donors (Lipinski definition) is 1. The van der Waals surface area contributed by atoms with Gasteiger partial charge in [0.25, 0.3) is 0 Å². The molecule has 112 valence electrons. The molecule has 1 saturated carbocycles. The van der Waals surface area contributed by atoms with Crippen molar-refractivity contribution in [2.75, 3.05) is 0 Å². The van der Waals surface area contributed by atoms with Gasteiger partial charge in [-0.25, -0.2) is 4.68 Å². The van der Waals surface area contributed by atoms with Crippen LogP contribution in [0, 0.1) is 11.8 Å². The molecule has 1 unspecified atom stereocenters. The standard InChI is InChI=1S/C14H24N4O2/c1-10(2)12(9-14(19)20)18-13(15-16-17-18)8-7-11-5-3-4-6-11/h10-12H,3-9H2,1-2H3,(H,19,20). The van der Waals surface area contributed by atoms with Gasteiger partial charge in [0, 0.05) is 6.42 Å². The highest BCUT2D eigenvalue weighted by Gasteiger charge is 2.24. The molecule has 1 aromatic heterocycles. The van der Waals surface area contributed by atoms with Crippen molar-refractivity contribution >= 4 is 5.97 Å². The molecule has 1 fully saturated rings. The molecule has 1 heterocycles. The molecule has 0 saturated heterocycles. The van der Waals surface area contributed by atoms with Crippen molar-refractivity contribution in [2.45, 2.75) is 64.8 Å². The molecular formula is C14H24N4O2. The van der Waals surface area contributed by atoms with Gasteiger partial charge in [-0.3, -0.25) is 4.79 Å². The van der Waals surface area contributed by atoms with E-state index in [1.165, 1.54) is 25.7 Å². The summed E-state index contributed by atoms with van der Waals surface area (Å²) in [6, 6.07) is -0.166. The molecule has 0 spiro atoms. The van der Waals surface area contributed by atoms with Crippen LogP contribution in [-0.4, -0.2) is 31.3 Å². The Kier molecular flexibility index (Phi) is 5.09. The van der Waals surface area contributed by atoms with Gasteiger partial charge in [0.05, 0.1) is 12.5 Å². The van der Waals surface area contributed by atoms with Crippen molar-refractivity contribution < 1.29 is 9.90 Å². The number of carbonyl (C=O) groups is 1. The SMILES string of the molecule is CC(C)C(CC(=O)O)n1nnnc1CCC1CCCC1. The number of aliphatic carboxylic acids is 1. The summed E-state index contributed by atoms with van der Waals surface area (Å²) < 4.78 is 1.73. The van der Waals surface area contributed by atoms with E-state index in [1.54, 1.807) is 4.68 Å². The Bertz CT molecular complexity index is 438. The fourth-order valence-electron chi connectivity index (χ4n) is 3.05. The molecule has 1 atom stereocenters. The van der Waals surface area contributed by atoms with Crippen LogP contribution in [0.3, 0.4) is 0 Å². The Morgan fingerprint density at radius 2 is 2.10 bits per heavy atom. The summed E-state index contributed by atoms with van der Waals surface area (Å²) in [5.74, 6) is 1.01. The van der Waals surface area contributed by atoms with E-state index in [0.717, 1.165) is 24.6 Å². The summed E-state index contributed by atoms with van der Waals surface area (Å²) in [7, 11) is 0. The summed E-state index contributed by atoms with van der Waals surface area (Å²) in [5, 5.41) is 20.9. The largest absolute Gasteiger partial charge is 0.481 e. The molecule has 0 amide bonds. The van der Waals surface area contributed by atoms with E-state index < -0.39 is 5.97 Å². The van der Waals surface area contributed by atoms with Crippen LogP contribution >= 0.6 is 0 Å². The van der Waals surface area contributed by atoms with E-state index in [4.69, 9.17) is 5.11 Å². The molecule has 6 heteroatoms. The fraction of sp³-hybridized carbons (Fsp3) is 0.857. The topological polar surface area (TPSA) is 80.9 Å². The highest BCUT2D eigenvalue weighted by Crippen LogP contribution is 2.29. The number of rotatable bonds is 7. The number of carboxylic acid groups (broad SMARTS) is 1. The van der Waals surface area contributed by atoms with Crippen LogP contribution in [0.4, 0.5) is 0 Å². The van der Waals surface area contributed by atoms with E-state index >= 15 is 0 Å². The third kappa shape index (κ3) is 3.77. The van der Waals surface area contributed by atoms with Crippen molar-refractivity contribution in [1.82, 2.24) is 20.2 Å². The van der Waals surface area contributed by atoms with Crippen LogP contribution in [0.25, 0.3) is 0 Å². The first-order chi connectivity index (χ1) is 9.58. The minimum Gasteiger partial charge on any atom is -0.481 e. The molecule has 1 aromatic rings. The maximum Gasteiger partial charge on any atom is 0.305 e. The van der Waals surface area contributed by atoms with Crippen molar-refractivity contribution in [1.29, 1.82) is 0 Å². The molecule has 1 aliphatic carbocycles. The first-order valence-electron chi connectivity index (χ1n) is 7.56. The molecule has 1 aliphatic rings. The maximum atomic E-state index is 11.0. The minimum absolute atomic E-state index is 0.0686. The van der Waals surface area contributed by atoms with Gasteiger partial charge in [0.15, 0.2) is 5.82 Å². The third-order valence-electron chi connectivity index (χ3n) is 4.28. The van der Waals surface area contributed by atoms with Crippen LogP contribution in [0.2, 0.25) is 0 Å². The summed E-state index contributed by atoms with van der Waals surface area (Å²) in [6.07, 6.45) is 7.32. The zero-order valence-electron chi connectivity index (χ0n) is 12.3. The van der Waals surface area contributed by atoms with Gasteiger partial charge in [-0.1, -0.05) is 39.5 Å². The maximum absolute atomic E-state index is 11.0. The number of hydrogen-bond acceptors (Lipinski definition) is 4. The quantitative estimate of drug-likeness (QED) is 0.829. The van der Waals surface area contributed by atoms with Gasteiger partial charge < -0.3 is 5.11 Å². The molecule has 0 radical (unpaired) electrons. The summed E-state index contributed by atoms with van der Waals surface area (Å²) in [6.45, 7) is 4.02. The van der Waals surface area contributed by atoms with Gasteiger partial charge in [-0.15, -0.1) is 5.10 Å². The van der Waals surface area contributed by atoms with E-state index in [-0.39, 0.29) is 18.4 Å². The van der Waals surface area contributed by atoms with Gasteiger partial charge >= 0.3 is 5.97 Å². The minimum atomic E-state index is -0.805. The zero-order chi connectivity index (χ0) is 14.5. The van der Waals surface area contributed by atoms with Crippen molar-refractivity contribution in [2.24, 2.45) is 11.8 Å². The number of aryl methyl sites for hydroxylation is 1. The Balaban J connectivity index is 2.03. The van der Waals surface area contributed by atoms with Crippen LogP contribution in [-0.2, 0) is 11.2 Å². The molecule has 1 N–H and O–H groups in total. The number of carboxylic acids is 1. The van der Waals surface area contributed by atoms with Crippen molar-refractivity contribution in [3.63, 3.8) is 0 Å². The number of nitrogens with zero attached hydrogens (tertiary/aromatic N) is 4. The second kappa shape index (κ2) is 6.81. The molecular weight excluding hydrogens is 256 g/mol. The number of tetrazole rings is 1. The molecule has 2 rings (SSSR count). The predicted octanol–water partition coefficient (Wildman–Crippen LogP) is 2.47. The summed E-state index contributed by atoms with van der Waals surface area (Å²) in [5.41, 5.74) is 0. The smallest absolute Gasteiger partial charge is 0.305 e. The lowest BCUT2D eigenvalue weighted by molar-refractivity contribution is -0.138. The van der Waals surface area contributed by atoms with Crippen LogP contribution in [0.15, 0.2) is 0 Å². The Morgan fingerprint density at radius 1 is 1.40 bits per heavy atom. The summed E-state index contributed by atoms with van der Waals surface area (Å²) in [4.78, 5) is 11.0. The van der Waals surface area contributed by atoms with Gasteiger partial charge in [0.2, 0.25) is 0 Å². The molecule has 6 nitrogen and oxygen atoms in total. The molecule has 20 heavy (non-hydrogen) atoms. The molecule has 0 aliphatic heterocycles.